The molecule has 1 heterocycles. The number of esters is 1. The fourth-order valence-electron chi connectivity index (χ4n) is 4.18. The number of rotatable bonds is 6. The van der Waals surface area contributed by atoms with Crippen molar-refractivity contribution in [2.24, 2.45) is 5.73 Å². The summed E-state index contributed by atoms with van der Waals surface area (Å²) in [6.07, 6.45) is 0. The minimum Gasteiger partial charge on any atom is -0.489 e. The Morgan fingerprint density at radius 1 is 1.00 bits per heavy atom. The predicted octanol–water partition coefficient (Wildman–Crippen LogP) is 7.15. The molecule has 0 amide bonds. The van der Waals surface area contributed by atoms with E-state index in [9.17, 15) is 14.4 Å². The number of hydrogen-bond acceptors (Lipinski definition) is 6. The highest BCUT2D eigenvalue weighted by atomic mass is 35.5. The van der Waals surface area contributed by atoms with Crippen molar-refractivity contribution in [1.82, 2.24) is 0 Å². The summed E-state index contributed by atoms with van der Waals surface area (Å²) in [7, 11) is 0. The summed E-state index contributed by atoms with van der Waals surface area (Å²) in [6, 6.07) is 24.6. The van der Waals surface area contributed by atoms with E-state index < -0.39 is 17.7 Å². The van der Waals surface area contributed by atoms with Crippen LogP contribution in [0, 0.1) is 17.1 Å². The third kappa shape index (κ3) is 5.53. The number of fused-ring (bicyclic) bond motifs is 1. The standard InChI is InChI=1S/C30H19Cl2FN2O4/c31-19-8-4-17(5-9-19)16-37-20-10-6-18(7-11-20)30(36)38-21-12-13-22-26(14-21)39-29(35)23(15-34)27(22)28-24(32)2-1-3-25(28)33/h1-14,27H,16,35H2/t27-/m1/s1. The predicted molar refractivity (Wildman–Crippen MR) is 144 cm³/mol. The lowest BCUT2D eigenvalue weighted by Gasteiger charge is -2.27. The lowest BCUT2D eigenvalue weighted by Crippen LogP contribution is -2.22. The topological polar surface area (TPSA) is 94.6 Å². The van der Waals surface area contributed by atoms with E-state index in [0.717, 1.165) is 5.56 Å². The van der Waals surface area contributed by atoms with Gasteiger partial charge in [-0.15, -0.1) is 0 Å². The maximum atomic E-state index is 14.8. The largest absolute Gasteiger partial charge is 0.489 e. The van der Waals surface area contributed by atoms with Crippen LogP contribution in [0.2, 0.25) is 10.0 Å². The van der Waals surface area contributed by atoms with Crippen LogP contribution in [0.15, 0.2) is 96.4 Å². The minimum absolute atomic E-state index is 0.0256. The lowest BCUT2D eigenvalue weighted by molar-refractivity contribution is 0.0734. The summed E-state index contributed by atoms with van der Waals surface area (Å²) in [4.78, 5) is 12.8. The molecule has 0 saturated carbocycles. The molecule has 39 heavy (non-hydrogen) atoms. The zero-order valence-electron chi connectivity index (χ0n) is 20.2. The maximum Gasteiger partial charge on any atom is 0.343 e. The number of nitriles is 1. The average Bonchev–Trinajstić information content (AvgIpc) is 2.92. The van der Waals surface area contributed by atoms with Gasteiger partial charge in [0.05, 0.1) is 11.5 Å². The highest BCUT2D eigenvalue weighted by Gasteiger charge is 2.34. The Morgan fingerprint density at radius 2 is 1.72 bits per heavy atom. The van der Waals surface area contributed by atoms with Crippen LogP contribution in [0.5, 0.6) is 17.2 Å². The van der Waals surface area contributed by atoms with Crippen molar-refractivity contribution < 1.29 is 23.4 Å². The van der Waals surface area contributed by atoms with Gasteiger partial charge < -0.3 is 19.9 Å². The Labute approximate surface area is 233 Å². The fourth-order valence-corrected chi connectivity index (χ4v) is 4.58. The van der Waals surface area contributed by atoms with Crippen LogP contribution in [0.4, 0.5) is 4.39 Å². The summed E-state index contributed by atoms with van der Waals surface area (Å²) in [5, 5.41) is 10.5. The van der Waals surface area contributed by atoms with Crippen LogP contribution in [0.25, 0.3) is 0 Å². The molecule has 0 aliphatic carbocycles. The first-order valence-electron chi connectivity index (χ1n) is 11.7. The molecule has 1 aliphatic rings. The second-order valence-electron chi connectivity index (χ2n) is 8.59. The average molecular weight is 561 g/mol. The van der Waals surface area contributed by atoms with Gasteiger partial charge in [0.15, 0.2) is 0 Å². The smallest absolute Gasteiger partial charge is 0.343 e. The maximum absolute atomic E-state index is 14.8. The number of carbonyl (C=O) groups excluding carboxylic acids is 1. The number of ether oxygens (including phenoxy) is 3. The van der Waals surface area contributed by atoms with Crippen molar-refractivity contribution in [2.45, 2.75) is 12.5 Å². The van der Waals surface area contributed by atoms with E-state index in [1.165, 1.54) is 30.3 Å². The summed E-state index contributed by atoms with van der Waals surface area (Å²) in [6.45, 7) is 0.347. The lowest BCUT2D eigenvalue weighted by atomic mass is 9.83. The van der Waals surface area contributed by atoms with Crippen LogP contribution in [-0.2, 0) is 6.61 Å². The number of benzene rings is 4. The van der Waals surface area contributed by atoms with Crippen molar-refractivity contribution in [3.63, 3.8) is 0 Å². The molecule has 0 fully saturated rings. The number of halogens is 3. The molecule has 4 aromatic rings. The van der Waals surface area contributed by atoms with Crippen LogP contribution in [-0.4, -0.2) is 5.97 Å². The fraction of sp³-hybridized carbons (Fsp3) is 0.0667. The van der Waals surface area contributed by atoms with Crippen LogP contribution in [0.1, 0.15) is 33.0 Å². The molecule has 0 radical (unpaired) electrons. The summed E-state index contributed by atoms with van der Waals surface area (Å²) in [5.41, 5.74) is 7.84. The Morgan fingerprint density at radius 3 is 2.41 bits per heavy atom. The number of nitrogens with two attached hydrogens (primary N) is 1. The highest BCUT2D eigenvalue weighted by molar-refractivity contribution is 6.31. The quantitative estimate of drug-likeness (QED) is 0.199. The van der Waals surface area contributed by atoms with Crippen molar-refractivity contribution in [3.8, 4) is 23.3 Å². The van der Waals surface area contributed by atoms with E-state index >= 15 is 0 Å². The molecule has 5 rings (SSSR count). The monoisotopic (exact) mass is 560 g/mol. The molecule has 0 spiro atoms. The van der Waals surface area contributed by atoms with Gasteiger partial charge >= 0.3 is 5.97 Å². The Hall–Kier alpha value is -4.51. The van der Waals surface area contributed by atoms with Gasteiger partial charge in [-0.05, 0) is 60.2 Å². The molecule has 0 saturated heterocycles. The van der Waals surface area contributed by atoms with Crippen molar-refractivity contribution >= 4 is 29.2 Å². The first-order chi connectivity index (χ1) is 18.8. The second kappa shape index (κ2) is 11.1. The van der Waals surface area contributed by atoms with E-state index in [2.05, 4.69) is 0 Å². The molecule has 0 aromatic heterocycles. The number of hydrogen-bond donors (Lipinski definition) is 1. The Balaban J connectivity index is 1.33. The Kier molecular flexibility index (Phi) is 7.42. The second-order valence-corrected chi connectivity index (χ2v) is 9.43. The van der Waals surface area contributed by atoms with E-state index in [1.54, 1.807) is 42.5 Å². The van der Waals surface area contributed by atoms with Gasteiger partial charge in [0.25, 0.3) is 0 Å². The van der Waals surface area contributed by atoms with Crippen LogP contribution >= 0.6 is 23.2 Å². The zero-order chi connectivity index (χ0) is 27.5. The van der Waals surface area contributed by atoms with E-state index in [1.807, 2.05) is 18.2 Å². The van der Waals surface area contributed by atoms with Crippen molar-refractivity contribution in [1.29, 1.82) is 5.26 Å². The van der Waals surface area contributed by atoms with Gasteiger partial charge in [-0.1, -0.05) is 47.5 Å². The number of nitrogens with zero attached hydrogens (tertiary/aromatic N) is 1. The van der Waals surface area contributed by atoms with Crippen molar-refractivity contribution in [2.75, 3.05) is 0 Å². The van der Waals surface area contributed by atoms with Crippen LogP contribution in [0.3, 0.4) is 0 Å². The third-order valence-corrected chi connectivity index (χ3v) is 6.68. The van der Waals surface area contributed by atoms with Gasteiger partial charge in [0, 0.05) is 27.2 Å². The molecule has 6 nitrogen and oxygen atoms in total. The summed E-state index contributed by atoms with van der Waals surface area (Å²) >= 11 is 12.2. The normalized spacial score (nSPS) is 14.2. The van der Waals surface area contributed by atoms with Crippen molar-refractivity contribution in [3.05, 3.63) is 135 Å². The molecule has 1 aliphatic heterocycles. The van der Waals surface area contributed by atoms with E-state index in [-0.39, 0.29) is 33.5 Å². The van der Waals surface area contributed by atoms with E-state index in [0.29, 0.717) is 28.5 Å². The molecule has 9 heteroatoms. The SMILES string of the molecule is N#CC1=C(N)Oc2cc(OC(=O)c3ccc(OCc4ccc(Cl)cc4)cc3)ccc2[C@H]1c1c(F)cccc1Cl. The van der Waals surface area contributed by atoms with E-state index in [4.69, 9.17) is 43.1 Å². The summed E-state index contributed by atoms with van der Waals surface area (Å²) < 4.78 is 31.7. The third-order valence-electron chi connectivity index (χ3n) is 6.10. The molecule has 4 aromatic carbocycles. The molecule has 0 bridgehead atoms. The van der Waals surface area contributed by atoms with Gasteiger partial charge in [-0.2, -0.15) is 5.26 Å². The molecular formula is C30H19Cl2FN2O4. The van der Waals surface area contributed by atoms with Gasteiger partial charge in [-0.25, -0.2) is 9.18 Å². The first kappa shape index (κ1) is 26.1. The van der Waals surface area contributed by atoms with Gasteiger partial charge in [-0.3, -0.25) is 0 Å². The molecular weight excluding hydrogens is 542 g/mol. The molecule has 1 atom stereocenters. The van der Waals surface area contributed by atoms with Crippen LogP contribution < -0.4 is 19.9 Å². The Bertz CT molecular complexity index is 1610. The highest BCUT2D eigenvalue weighted by Crippen LogP contribution is 2.46. The summed E-state index contributed by atoms with van der Waals surface area (Å²) in [5.74, 6) is -1.30. The molecule has 0 unspecified atom stereocenters. The number of carbonyl (C=O) groups is 1. The van der Waals surface area contributed by atoms with Gasteiger partial charge in [0.2, 0.25) is 5.88 Å². The van der Waals surface area contributed by atoms with Gasteiger partial charge in [0.1, 0.15) is 41.3 Å². The number of allylic oxidation sites excluding steroid dienone is 1. The molecule has 194 valence electrons. The minimum atomic E-state index is -0.891. The zero-order valence-corrected chi connectivity index (χ0v) is 21.7. The first-order valence-corrected chi connectivity index (χ1v) is 12.4. The molecule has 2 N–H and O–H groups in total.